The highest BCUT2D eigenvalue weighted by Crippen LogP contribution is 2.14. The molecule has 0 saturated carbocycles. The lowest BCUT2D eigenvalue weighted by Gasteiger charge is -2.17. The van der Waals surface area contributed by atoms with Crippen molar-refractivity contribution in [3.8, 4) is 0 Å². The fourth-order valence-electron chi connectivity index (χ4n) is 2.19. The largest absolute Gasteiger partial charge is 0.344 e. The van der Waals surface area contributed by atoms with E-state index in [1.165, 1.54) is 4.68 Å². The van der Waals surface area contributed by atoms with Crippen LogP contribution in [0.4, 0.5) is 0 Å². The first-order valence-electron chi connectivity index (χ1n) is 6.88. The molecule has 0 fully saturated rings. The minimum Gasteiger partial charge on any atom is -0.344 e. The maximum atomic E-state index is 12.2. The van der Waals surface area contributed by atoms with Gasteiger partial charge in [0, 0.05) is 32.6 Å². The summed E-state index contributed by atoms with van der Waals surface area (Å²) in [5, 5.41) is 8.59. The van der Waals surface area contributed by atoms with Crippen molar-refractivity contribution in [2.45, 2.75) is 6.42 Å². The average molecular weight is 288 g/mol. The summed E-state index contributed by atoms with van der Waals surface area (Å²) in [6.45, 7) is 1.38. The number of fused-ring (bicyclic) bond motifs is 1. The van der Waals surface area contributed by atoms with Crippen molar-refractivity contribution in [3.05, 3.63) is 40.3 Å². The number of aromatic nitrogens is 2. The maximum absolute atomic E-state index is 12.2. The van der Waals surface area contributed by atoms with Crippen molar-refractivity contribution in [3.63, 3.8) is 0 Å². The first-order chi connectivity index (χ1) is 10.0. The third kappa shape index (κ3) is 3.28. The van der Waals surface area contributed by atoms with E-state index in [0.717, 1.165) is 11.9 Å². The summed E-state index contributed by atoms with van der Waals surface area (Å²) in [4.78, 5) is 25.9. The number of carbonyl (C=O) groups is 1. The van der Waals surface area contributed by atoms with Gasteiger partial charge in [-0.2, -0.15) is 5.10 Å². The Morgan fingerprint density at radius 3 is 2.67 bits per heavy atom. The summed E-state index contributed by atoms with van der Waals surface area (Å²) in [5.74, 6) is -0.0125. The second kappa shape index (κ2) is 6.49. The molecule has 2 aromatic rings. The van der Waals surface area contributed by atoms with Gasteiger partial charge in [-0.3, -0.25) is 9.59 Å². The van der Waals surface area contributed by atoms with Crippen molar-refractivity contribution >= 4 is 16.7 Å². The molecule has 0 atom stereocenters. The molecule has 0 bridgehead atoms. The van der Waals surface area contributed by atoms with Crippen LogP contribution in [-0.2, 0) is 18.3 Å². The van der Waals surface area contributed by atoms with Crippen molar-refractivity contribution in [1.29, 1.82) is 0 Å². The summed E-state index contributed by atoms with van der Waals surface area (Å²) in [7, 11) is 5.22. The van der Waals surface area contributed by atoms with Crippen molar-refractivity contribution in [2.75, 3.05) is 27.2 Å². The Morgan fingerprint density at radius 2 is 2.00 bits per heavy atom. The fraction of sp³-hybridized carbons (Fsp3) is 0.400. The lowest BCUT2D eigenvalue weighted by Crippen LogP contribution is -2.34. The summed E-state index contributed by atoms with van der Waals surface area (Å²) < 4.78 is 1.29. The van der Waals surface area contributed by atoms with E-state index in [1.54, 1.807) is 25.1 Å². The lowest BCUT2D eigenvalue weighted by atomic mass is 10.1. The smallest absolute Gasteiger partial charge is 0.274 e. The molecule has 6 nitrogen and oxygen atoms in total. The third-order valence-corrected chi connectivity index (χ3v) is 3.47. The number of aryl methyl sites for hydroxylation is 1. The number of likely N-dealkylation sites (N-methyl/N-ethyl adjacent to an activating group) is 2. The number of carbonyl (C=O) groups excluding carboxylic acids is 1. The number of hydrogen-bond donors (Lipinski definition) is 1. The zero-order chi connectivity index (χ0) is 15.4. The second-order valence-corrected chi connectivity index (χ2v) is 5.02. The number of benzene rings is 1. The van der Waals surface area contributed by atoms with Gasteiger partial charge in [0.25, 0.3) is 5.56 Å². The monoisotopic (exact) mass is 288 g/mol. The van der Waals surface area contributed by atoms with Gasteiger partial charge in [-0.1, -0.05) is 18.2 Å². The topological polar surface area (TPSA) is 67.2 Å². The van der Waals surface area contributed by atoms with Crippen LogP contribution in [0.5, 0.6) is 0 Å². The summed E-state index contributed by atoms with van der Waals surface area (Å²) in [6.07, 6.45) is 0.189. The molecule has 1 aromatic carbocycles. The van der Waals surface area contributed by atoms with Gasteiger partial charge in [0.05, 0.1) is 17.5 Å². The van der Waals surface area contributed by atoms with E-state index in [1.807, 2.05) is 25.2 Å². The second-order valence-electron chi connectivity index (χ2n) is 5.02. The van der Waals surface area contributed by atoms with Crippen LogP contribution in [0.15, 0.2) is 29.1 Å². The summed E-state index contributed by atoms with van der Waals surface area (Å²) >= 11 is 0. The van der Waals surface area contributed by atoms with E-state index < -0.39 is 0 Å². The van der Waals surface area contributed by atoms with Crippen LogP contribution in [0.3, 0.4) is 0 Å². The lowest BCUT2D eigenvalue weighted by molar-refractivity contribution is -0.129. The molecule has 0 saturated heterocycles. The van der Waals surface area contributed by atoms with E-state index in [-0.39, 0.29) is 17.9 Å². The molecule has 6 heteroatoms. The Kier molecular flexibility index (Phi) is 4.70. The standard InChI is InChI=1S/C15H20N4O2/c1-16-8-9-18(2)14(20)10-13-11-6-4-5-7-12(11)15(21)19(3)17-13/h4-7,16H,8-10H2,1-3H3. The highest BCUT2D eigenvalue weighted by Gasteiger charge is 2.14. The average Bonchev–Trinajstić information content (AvgIpc) is 2.49. The minimum absolute atomic E-state index is 0.0125. The van der Waals surface area contributed by atoms with Crippen molar-refractivity contribution in [1.82, 2.24) is 20.0 Å². The molecular weight excluding hydrogens is 268 g/mol. The van der Waals surface area contributed by atoms with Crippen molar-refractivity contribution < 1.29 is 4.79 Å². The molecule has 1 N–H and O–H groups in total. The first kappa shape index (κ1) is 15.2. The first-order valence-corrected chi connectivity index (χ1v) is 6.88. The van der Waals surface area contributed by atoms with Gasteiger partial charge in [0.15, 0.2) is 0 Å². The van der Waals surface area contributed by atoms with Crippen LogP contribution in [0.25, 0.3) is 10.8 Å². The molecule has 1 aromatic heterocycles. The van der Waals surface area contributed by atoms with E-state index >= 15 is 0 Å². The van der Waals surface area contributed by atoms with Crippen LogP contribution in [0.2, 0.25) is 0 Å². The number of hydrogen-bond acceptors (Lipinski definition) is 4. The van der Waals surface area contributed by atoms with Gasteiger partial charge in [-0.05, 0) is 13.1 Å². The van der Waals surface area contributed by atoms with Crippen LogP contribution < -0.4 is 10.9 Å². The third-order valence-electron chi connectivity index (χ3n) is 3.47. The number of nitrogens with zero attached hydrogens (tertiary/aromatic N) is 3. The molecule has 112 valence electrons. The van der Waals surface area contributed by atoms with Gasteiger partial charge in [0.2, 0.25) is 5.91 Å². The predicted molar refractivity (Wildman–Crippen MR) is 82.3 cm³/mol. The van der Waals surface area contributed by atoms with Crippen LogP contribution in [0, 0.1) is 0 Å². The molecule has 2 rings (SSSR count). The van der Waals surface area contributed by atoms with Gasteiger partial charge < -0.3 is 10.2 Å². The fourth-order valence-corrected chi connectivity index (χ4v) is 2.19. The van der Waals surface area contributed by atoms with Gasteiger partial charge in [-0.25, -0.2) is 4.68 Å². The van der Waals surface area contributed by atoms with Crippen LogP contribution >= 0.6 is 0 Å². The predicted octanol–water partition coefficient (Wildman–Crippen LogP) is 0.154. The van der Waals surface area contributed by atoms with Crippen LogP contribution in [0.1, 0.15) is 5.69 Å². The minimum atomic E-state index is -0.148. The molecule has 0 spiro atoms. The zero-order valence-corrected chi connectivity index (χ0v) is 12.6. The highest BCUT2D eigenvalue weighted by molar-refractivity contribution is 5.88. The van der Waals surface area contributed by atoms with E-state index in [0.29, 0.717) is 17.6 Å². The number of amides is 1. The Hall–Kier alpha value is -2.21. The summed E-state index contributed by atoms with van der Waals surface area (Å²) in [6, 6.07) is 7.26. The molecule has 0 unspecified atom stereocenters. The SMILES string of the molecule is CNCCN(C)C(=O)Cc1nn(C)c(=O)c2ccccc12. The van der Waals surface area contributed by atoms with E-state index in [2.05, 4.69) is 10.4 Å². The van der Waals surface area contributed by atoms with Gasteiger partial charge >= 0.3 is 0 Å². The van der Waals surface area contributed by atoms with Crippen LogP contribution in [-0.4, -0.2) is 47.8 Å². The molecular formula is C15H20N4O2. The Bertz CT molecular complexity index is 708. The number of nitrogens with one attached hydrogen (secondary N) is 1. The molecule has 0 aliphatic heterocycles. The molecule has 0 aliphatic carbocycles. The number of rotatable bonds is 5. The normalized spacial score (nSPS) is 10.8. The molecule has 0 aliphatic rings. The Labute approximate surface area is 123 Å². The van der Waals surface area contributed by atoms with E-state index in [4.69, 9.17) is 0 Å². The molecule has 0 radical (unpaired) electrons. The van der Waals surface area contributed by atoms with Gasteiger partial charge in [-0.15, -0.1) is 0 Å². The van der Waals surface area contributed by atoms with E-state index in [9.17, 15) is 9.59 Å². The zero-order valence-electron chi connectivity index (χ0n) is 12.6. The molecule has 1 heterocycles. The summed E-state index contributed by atoms with van der Waals surface area (Å²) in [5.41, 5.74) is 0.486. The van der Waals surface area contributed by atoms with Crippen molar-refractivity contribution in [2.24, 2.45) is 7.05 Å². The molecule has 1 amide bonds. The maximum Gasteiger partial charge on any atom is 0.274 e. The highest BCUT2D eigenvalue weighted by atomic mass is 16.2. The van der Waals surface area contributed by atoms with Gasteiger partial charge in [0.1, 0.15) is 0 Å². The quantitative estimate of drug-likeness (QED) is 0.851. The molecule has 21 heavy (non-hydrogen) atoms. The Balaban J connectivity index is 2.33. The Morgan fingerprint density at radius 1 is 1.33 bits per heavy atom.